The Morgan fingerprint density at radius 3 is 2.25 bits per heavy atom. The molecular weight excluding hydrogens is 181 g/mol. The van der Waals surface area contributed by atoms with Crippen molar-refractivity contribution in [3.63, 3.8) is 0 Å². The van der Waals surface area contributed by atoms with Gasteiger partial charge in [0.1, 0.15) is 0 Å². The van der Waals surface area contributed by atoms with E-state index in [1.165, 1.54) is 4.90 Å². The van der Waals surface area contributed by atoms with Crippen LogP contribution in [0.5, 0.6) is 0 Å². The number of hydrogen-bond donors (Lipinski definition) is 0. The summed E-state index contributed by atoms with van der Waals surface area (Å²) < 4.78 is 12.3. The maximum Gasteiger partial charge on any atom is 0.272 e. The van der Waals surface area contributed by atoms with Crippen LogP contribution in [-0.4, -0.2) is 30.0 Å². The minimum Gasteiger partial charge on any atom is -0.342 e. The molecule has 4 heteroatoms. The Labute approximate surface area is 77.7 Å². The minimum atomic E-state index is -1.92. The zero-order valence-electron chi connectivity index (χ0n) is 7.90. The molecule has 12 heavy (non-hydrogen) atoms. The molecule has 0 heterocycles. The highest BCUT2D eigenvalue weighted by Crippen LogP contribution is 2.15. The molecule has 0 aliphatic heterocycles. The van der Waals surface area contributed by atoms with E-state index in [9.17, 15) is 9.18 Å². The van der Waals surface area contributed by atoms with Crippen molar-refractivity contribution in [3.05, 3.63) is 0 Å². The summed E-state index contributed by atoms with van der Waals surface area (Å²) in [6.07, 6.45) is 0. The summed E-state index contributed by atoms with van der Waals surface area (Å²) in [6, 6.07) is 0. The SMILES string of the molecule is CN(CC(C)(C)C)C(=O)C(F)Cl. The molecule has 0 aliphatic rings. The molecule has 0 saturated heterocycles. The fourth-order valence-corrected chi connectivity index (χ4v) is 1.12. The highest BCUT2D eigenvalue weighted by atomic mass is 35.5. The number of carbonyl (C=O) groups is 1. The Morgan fingerprint density at radius 1 is 1.58 bits per heavy atom. The van der Waals surface area contributed by atoms with Gasteiger partial charge in [0.25, 0.3) is 11.5 Å². The minimum absolute atomic E-state index is 0.0316. The Balaban J connectivity index is 4.05. The second-order valence-corrected chi connectivity index (χ2v) is 4.44. The Hall–Kier alpha value is -0.310. The van der Waals surface area contributed by atoms with E-state index in [0.29, 0.717) is 6.54 Å². The van der Waals surface area contributed by atoms with Gasteiger partial charge in [-0.15, -0.1) is 0 Å². The molecule has 0 rings (SSSR count). The van der Waals surface area contributed by atoms with Gasteiger partial charge in [-0.1, -0.05) is 32.4 Å². The Morgan fingerprint density at radius 2 is 2.00 bits per heavy atom. The Kier molecular flexibility index (Phi) is 3.97. The normalized spacial score (nSPS) is 14.2. The zero-order valence-corrected chi connectivity index (χ0v) is 8.65. The van der Waals surface area contributed by atoms with Crippen molar-refractivity contribution in [2.24, 2.45) is 5.41 Å². The van der Waals surface area contributed by atoms with Crippen molar-refractivity contribution in [3.8, 4) is 0 Å². The van der Waals surface area contributed by atoms with Gasteiger partial charge < -0.3 is 4.90 Å². The molecule has 1 unspecified atom stereocenters. The third-order valence-electron chi connectivity index (χ3n) is 1.27. The van der Waals surface area contributed by atoms with Crippen molar-refractivity contribution in [1.82, 2.24) is 4.90 Å². The van der Waals surface area contributed by atoms with Crippen LogP contribution in [0.2, 0.25) is 0 Å². The lowest BCUT2D eigenvalue weighted by molar-refractivity contribution is -0.133. The number of rotatable bonds is 2. The Bertz CT molecular complexity index is 165. The number of amides is 1. The van der Waals surface area contributed by atoms with E-state index in [1.54, 1.807) is 7.05 Å². The summed E-state index contributed by atoms with van der Waals surface area (Å²) in [7, 11) is 1.54. The standard InChI is InChI=1S/C8H15ClFNO/c1-8(2,3)5-11(4)7(12)6(9)10/h6H,5H2,1-4H3. The van der Waals surface area contributed by atoms with Crippen LogP contribution in [0.4, 0.5) is 4.39 Å². The third-order valence-corrected chi connectivity index (χ3v) is 1.46. The third kappa shape index (κ3) is 4.54. The van der Waals surface area contributed by atoms with Gasteiger partial charge in [-0.3, -0.25) is 4.79 Å². The summed E-state index contributed by atoms with van der Waals surface area (Å²) in [5, 5.41) is 0. The highest BCUT2D eigenvalue weighted by molar-refractivity contribution is 6.29. The quantitative estimate of drug-likeness (QED) is 0.618. The van der Waals surface area contributed by atoms with Crippen molar-refractivity contribution in [2.45, 2.75) is 26.4 Å². The maximum absolute atomic E-state index is 12.3. The van der Waals surface area contributed by atoms with Gasteiger partial charge in [-0.05, 0) is 5.41 Å². The summed E-state index contributed by atoms with van der Waals surface area (Å²) in [4.78, 5) is 12.2. The molecule has 0 aromatic heterocycles. The van der Waals surface area contributed by atoms with Gasteiger partial charge in [-0.25, -0.2) is 4.39 Å². The maximum atomic E-state index is 12.3. The summed E-state index contributed by atoms with van der Waals surface area (Å²) >= 11 is 4.99. The molecule has 1 atom stereocenters. The van der Waals surface area contributed by atoms with Crippen LogP contribution in [0.1, 0.15) is 20.8 Å². The fourth-order valence-electron chi connectivity index (χ4n) is 0.956. The van der Waals surface area contributed by atoms with Crippen LogP contribution in [0.15, 0.2) is 0 Å². The van der Waals surface area contributed by atoms with E-state index in [4.69, 9.17) is 11.6 Å². The molecule has 0 bridgehead atoms. The number of nitrogens with zero attached hydrogens (tertiary/aromatic N) is 1. The predicted octanol–water partition coefficient (Wildman–Crippen LogP) is 2.03. The molecule has 1 amide bonds. The molecule has 0 aromatic rings. The van der Waals surface area contributed by atoms with Gasteiger partial charge in [0, 0.05) is 13.6 Å². The number of halogens is 2. The van der Waals surface area contributed by atoms with E-state index in [0.717, 1.165) is 0 Å². The average Bonchev–Trinajstić information content (AvgIpc) is 1.82. The summed E-state index contributed by atoms with van der Waals surface area (Å²) in [5.41, 5.74) is -1.95. The van der Waals surface area contributed by atoms with Crippen LogP contribution < -0.4 is 0 Å². The highest BCUT2D eigenvalue weighted by Gasteiger charge is 2.22. The van der Waals surface area contributed by atoms with E-state index < -0.39 is 11.5 Å². The first-order valence-corrected chi connectivity index (χ1v) is 4.21. The number of carbonyl (C=O) groups excluding carboxylic acids is 1. The van der Waals surface area contributed by atoms with E-state index in [2.05, 4.69) is 0 Å². The summed E-state index contributed by atoms with van der Waals surface area (Å²) in [6.45, 7) is 6.41. The van der Waals surface area contributed by atoms with Crippen LogP contribution in [0.25, 0.3) is 0 Å². The monoisotopic (exact) mass is 195 g/mol. The van der Waals surface area contributed by atoms with Crippen LogP contribution >= 0.6 is 11.6 Å². The second kappa shape index (κ2) is 4.08. The second-order valence-electron chi connectivity index (χ2n) is 4.06. The molecule has 2 nitrogen and oxygen atoms in total. The topological polar surface area (TPSA) is 20.3 Å². The van der Waals surface area contributed by atoms with E-state index in [-0.39, 0.29) is 5.41 Å². The molecule has 0 fully saturated rings. The lowest BCUT2D eigenvalue weighted by atomic mass is 9.96. The van der Waals surface area contributed by atoms with Crippen LogP contribution in [0, 0.1) is 5.41 Å². The predicted molar refractivity (Wildman–Crippen MR) is 47.8 cm³/mol. The van der Waals surface area contributed by atoms with Gasteiger partial charge in [0.2, 0.25) is 0 Å². The molecule has 0 aliphatic carbocycles. The molecule has 0 N–H and O–H groups in total. The van der Waals surface area contributed by atoms with E-state index >= 15 is 0 Å². The van der Waals surface area contributed by atoms with Crippen molar-refractivity contribution in [1.29, 1.82) is 0 Å². The largest absolute Gasteiger partial charge is 0.342 e. The fraction of sp³-hybridized carbons (Fsp3) is 0.875. The van der Waals surface area contributed by atoms with Crippen molar-refractivity contribution < 1.29 is 9.18 Å². The number of alkyl halides is 2. The molecular formula is C8H15ClFNO. The van der Waals surface area contributed by atoms with Crippen molar-refractivity contribution in [2.75, 3.05) is 13.6 Å². The first-order chi connectivity index (χ1) is 5.24. The molecule has 0 saturated carbocycles. The lowest BCUT2D eigenvalue weighted by Gasteiger charge is -2.26. The first-order valence-electron chi connectivity index (χ1n) is 3.77. The van der Waals surface area contributed by atoms with Crippen LogP contribution in [-0.2, 0) is 4.79 Å². The summed E-state index contributed by atoms with van der Waals surface area (Å²) in [5.74, 6) is -0.674. The average molecular weight is 196 g/mol. The zero-order chi connectivity index (χ0) is 9.94. The molecule has 0 aromatic carbocycles. The first kappa shape index (κ1) is 11.7. The number of hydrogen-bond acceptors (Lipinski definition) is 1. The van der Waals surface area contributed by atoms with Gasteiger partial charge >= 0.3 is 0 Å². The van der Waals surface area contributed by atoms with Crippen LogP contribution in [0.3, 0.4) is 0 Å². The smallest absolute Gasteiger partial charge is 0.272 e. The van der Waals surface area contributed by atoms with Crippen molar-refractivity contribution >= 4 is 17.5 Å². The van der Waals surface area contributed by atoms with Gasteiger partial charge in [-0.2, -0.15) is 0 Å². The van der Waals surface area contributed by atoms with E-state index in [1.807, 2.05) is 20.8 Å². The lowest BCUT2D eigenvalue weighted by Crippen LogP contribution is -2.37. The van der Waals surface area contributed by atoms with Gasteiger partial charge in [0.15, 0.2) is 0 Å². The molecule has 0 spiro atoms. The molecule has 0 radical (unpaired) electrons. The molecule has 72 valence electrons. The van der Waals surface area contributed by atoms with Gasteiger partial charge in [0.05, 0.1) is 0 Å².